The molecule has 0 aliphatic rings. The Bertz CT molecular complexity index is 864. The van der Waals surface area contributed by atoms with Crippen LogP contribution in [0.1, 0.15) is 23.6 Å². The Balaban J connectivity index is 1.56. The van der Waals surface area contributed by atoms with Crippen LogP contribution in [-0.4, -0.2) is 18.6 Å². The smallest absolute Gasteiger partial charge is 0.224 e. The molecule has 0 bridgehead atoms. The van der Waals surface area contributed by atoms with Crippen LogP contribution in [0.15, 0.2) is 47.8 Å². The molecule has 130 valence electrons. The van der Waals surface area contributed by atoms with Crippen LogP contribution in [0, 0.1) is 13.8 Å². The number of fused-ring (bicyclic) bond motifs is 1. The van der Waals surface area contributed by atoms with Crippen molar-refractivity contribution in [2.75, 3.05) is 6.61 Å². The third kappa shape index (κ3) is 4.20. The molecule has 25 heavy (non-hydrogen) atoms. The van der Waals surface area contributed by atoms with Crippen LogP contribution < -0.4 is 10.1 Å². The average Bonchev–Trinajstić information content (AvgIpc) is 2.97. The molecule has 3 aromatic rings. The van der Waals surface area contributed by atoms with Gasteiger partial charge in [0.1, 0.15) is 12.4 Å². The molecule has 1 N–H and O–H groups in total. The average molecular weight is 353 g/mol. The number of carbonyl (C=O) groups excluding carboxylic acids is 1. The normalized spacial score (nSPS) is 12.1. The lowest BCUT2D eigenvalue weighted by Crippen LogP contribution is -2.37. The van der Waals surface area contributed by atoms with Crippen LogP contribution >= 0.6 is 11.3 Å². The molecule has 0 radical (unpaired) electrons. The van der Waals surface area contributed by atoms with E-state index in [0.717, 1.165) is 22.4 Å². The second-order valence-corrected chi connectivity index (χ2v) is 7.35. The zero-order valence-corrected chi connectivity index (χ0v) is 15.7. The largest absolute Gasteiger partial charge is 0.491 e. The molecule has 0 saturated heterocycles. The van der Waals surface area contributed by atoms with Crippen molar-refractivity contribution in [3.05, 3.63) is 64.5 Å². The van der Waals surface area contributed by atoms with Crippen LogP contribution in [0.5, 0.6) is 5.75 Å². The zero-order valence-electron chi connectivity index (χ0n) is 14.8. The Hall–Kier alpha value is -2.33. The van der Waals surface area contributed by atoms with Crippen molar-refractivity contribution in [2.24, 2.45) is 0 Å². The van der Waals surface area contributed by atoms with Crippen LogP contribution in [-0.2, 0) is 11.2 Å². The van der Waals surface area contributed by atoms with E-state index in [4.69, 9.17) is 4.74 Å². The van der Waals surface area contributed by atoms with Crippen molar-refractivity contribution >= 4 is 27.3 Å². The Morgan fingerprint density at radius 2 is 1.84 bits per heavy atom. The predicted octanol–water partition coefficient (Wildman–Crippen LogP) is 4.64. The molecule has 3 nitrogen and oxygen atoms in total. The summed E-state index contributed by atoms with van der Waals surface area (Å²) in [5.41, 5.74) is 3.31. The molecule has 1 unspecified atom stereocenters. The molecule has 4 heteroatoms. The topological polar surface area (TPSA) is 38.3 Å². The molecule has 0 spiro atoms. The first-order chi connectivity index (χ1) is 12.0. The van der Waals surface area contributed by atoms with Gasteiger partial charge in [-0.15, -0.1) is 11.3 Å². The van der Waals surface area contributed by atoms with Gasteiger partial charge in [-0.2, -0.15) is 0 Å². The van der Waals surface area contributed by atoms with Gasteiger partial charge in [0.05, 0.1) is 12.5 Å². The van der Waals surface area contributed by atoms with Crippen LogP contribution in [0.3, 0.4) is 0 Å². The molecule has 1 atom stereocenters. The molecule has 2 aromatic carbocycles. The third-order valence-corrected chi connectivity index (χ3v) is 5.22. The molecule has 0 aliphatic carbocycles. The number of rotatable bonds is 6. The highest BCUT2D eigenvalue weighted by atomic mass is 32.1. The van der Waals surface area contributed by atoms with Crippen LogP contribution in [0.4, 0.5) is 0 Å². The maximum atomic E-state index is 12.3. The quantitative estimate of drug-likeness (QED) is 0.701. The zero-order chi connectivity index (χ0) is 17.8. The number of thiophene rings is 1. The van der Waals surface area contributed by atoms with Gasteiger partial charge in [-0.05, 0) is 54.3 Å². The van der Waals surface area contributed by atoms with Gasteiger partial charge in [0, 0.05) is 4.70 Å². The minimum absolute atomic E-state index is 0.0289. The summed E-state index contributed by atoms with van der Waals surface area (Å²) in [7, 11) is 0. The monoisotopic (exact) mass is 353 g/mol. The van der Waals surface area contributed by atoms with Gasteiger partial charge in [-0.3, -0.25) is 4.79 Å². The fourth-order valence-corrected chi connectivity index (χ4v) is 3.91. The first-order valence-corrected chi connectivity index (χ1v) is 9.36. The summed E-state index contributed by atoms with van der Waals surface area (Å²) < 4.78 is 7.14. The number of hydrogen-bond donors (Lipinski definition) is 1. The number of hydrogen-bond acceptors (Lipinski definition) is 3. The number of aryl methyl sites for hydroxylation is 2. The molecular formula is C21H23NO2S. The molecule has 0 fully saturated rings. The number of carbonyl (C=O) groups is 1. The molecule has 1 amide bonds. The number of amides is 1. The molecule has 1 aromatic heterocycles. The SMILES string of the molecule is Cc1cccc(C)c1OCC(C)NC(=O)Cc1csc2ccccc12. The van der Waals surface area contributed by atoms with E-state index in [1.807, 2.05) is 51.1 Å². The van der Waals surface area contributed by atoms with Crippen molar-refractivity contribution in [2.45, 2.75) is 33.2 Å². The second kappa shape index (κ2) is 7.70. The number of benzene rings is 2. The minimum atomic E-state index is -0.0450. The molecule has 3 rings (SSSR count). The van der Waals surface area contributed by atoms with Crippen molar-refractivity contribution in [1.29, 1.82) is 0 Å². The van der Waals surface area contributed by atoms with E-state index in [9.17, 15) is 4.79 Å². The fraction of sp³-hybridized carbons (Fsp3) is 0.286. The second-order valence-electron chi connectivity index (χ2n) is 6.43. The van der Waals surface area contributed by atoms with Crippen LogP contribution in [0.25, 0.3) is 10.1 Å². The highest BCUT2D eigenvalue weighted by Crippen LogP contribution is 2.26. The van der Waals surface area contributed by atoms with Gasteiger partial charge in [0.25, 0.3) is 0 Å². The summed E-state index contributed by atoms with van der Waals surface area (Å²) in [6.07, 6.45) is 0.401. The summed E-state index contributed by atoms with van der Waals surface area (Å²) in [5.74, 6) is 0.939. The van der Waals surface area contributed by atoms with Gasteiger partial charge in [0.2, 0.25) is 5.91 Å². The Morgan fingerprint density at radius 1 is 1.12 bits per heavy atom. The predicted molar refractivity (Wildman–Crippen MR) is 105 cm³/mol. The first kappa shape index (κ1) is 17.5. The van der Waals surface area contributed by atoms with Crippen molar-refractivity contribution in [3.8, 4) is 5.75 Å². The highest BCUT2D eigenvalue weighted by Gasteiger charge is 2.13. The van der Waals surface area contributed by atoms with Gasteiger partial charge >= 0.3 is 0 Å². The van der Waals surface area contributed by atoms with Gasteiger partial charge < -0.3 is 10.1 Å². The summed E-state index contributed by atoms with van der Waals surface area (Å²) in [6.45, 7) is 6.50. The molecular weight excluding hydrogens is 330 g/mol. The molecule has 0 saturated carbocycles. The standard InChI is InChI=1S/C21H23NO2S/c1-14-7-6-8-15(2)21(14)24-12-16(3)22-20(23)11-17-13-25-19-10-5-4-9-18(17)19/h4-10,13,16H,11-12H2,1-3H3,(H,22,23). The van der Waals surface area contributed by atoms with Crippen LogP contribution in [0.2, 0.25) is 0 Å². The summed E-state index contributed by atoms with van der Waals surface area (Å²) in [6, 6.07) is 14.2. The van der Waals surface area contributed by atoms with E-state index in [-0.39, 0.29) is 11.9 Å². The van der Waals surface area contributed by atoms with Crippen molar-refractivity contribution in [3.63, 3.8) is 0 Å². The minimum Gasteiger partial charge on any atom is -0.491 e. The lowest BCUT2D eigenvalue weighted by atomic mass is 10.1. The van der Waals surface area contributed by atoms with Gasteiger partial charge in [-0.1, -0.05) is 36.4 Å². The first-order valence-electron chi connectivity index (χ1n) is 8.48. The highest BCUT2D eigenvalue weighted by molar-refractivity contribution is 7.17. The van der Waals surface area contributed by atoms with E-state index in [2.05, 4.69) is 22.8 Å². The lowest BCUT2D eigenvalue weighted by Gasteiger charge is -2.17. The number of para-hydroxylation sites is 1. The fourth-order valence-electron chi connectivity index (χ4n) is 2.95. The summed E-state index contributed by atoms with van der Waals surface area (Å²) in [5, 5.41) is 6.27. The van der Waals surface area contributed by atoms with Gasteiger partial charge in [0.15, 0.2) is 0 Å². The van der Waals surface area contributed by atoms with Crippen molar-refractivity contribution in [1.82, 2.24) is 5.32 Å². The number of ether oxygens (including phenoxy) is 1. The number of nitrogens with one attached hydrogen (secondary N) is 1. The summed E-state index contributed by atoms with van der Waals surface area (Å²) >= 11 is 1.68. The molecule has 1 heterocycles. The maximum Gasteiger partial charge on any atom is 0.224 e. The molecule has 0 aliphatic heterocycles. The lowest BCUT2D eigenvalue weighted by molar-refractivity contribution is -0.121. The Labute approximate surface area is 152 Å². The van der Waals surface area contributed by atoms with Crippen molar-refractivity contribution < 1.29 is 9.53 Å². The van der Waals surface area contributed by atoms with E-state index in [0.29, 0.717) is 13.0 Å². The summed E-state index contributed by atoms with van der Waals surface area (Å²) in [4.78, 5) is 12.3. The maximum absolute atomic E-state index is 12.3. The van der Waals surface area contributed by atoms with E-state index >= 15 is 0 Å². The Kier molecular flexibility index (Phi) is 5.39. The van der Waals surface area contributed by atoms with E-state index in [1.54, 1.807) is 11.3 Å². The van der Waals surface area contributed by atoms with E-state index in [1.165, 1.54) is 10.1 Å². The Morgan fingerprint density at radius 3 is 2.60 bits per heavy atom. The van der Waals surface area contributed by atoms with E-state index < -0.39 is 0 Å². The third-order valence-electron chi connectivity index (χ3n) is 4.21. The van der Waals surface area contributed by atoms with Gasteiger partial charge in [-0.25, -0.2) is 0 Å².